The lowest BCUT2D eigenvalue weighted by Gasteiger charge is -2.26. The summed E-state index contributed by atoms with van der Waals surface area (Å²) in [5.74, 6) is 0. The second-order valence-electron chi connectivity index (χ2n) is 15.0. The number of para-hydroxylation sites is 2. The van der Waals surface area contributed by atoms with Gasteiger partial charge in [-0.3, -0.25) is 0 Å². The van der Waals surface area contributed by atoms with Crippen molar-refractivity contribution in [2.45, 2.75) is 19.3 Å². The molecule has 0 aliphatic heterocycles. The number of aromatic nitrogens is 1. The number of rotatable bonds is 7. The summed E-state index contributed by atoms with van der Waals surface area (Å²) in [6.07, 6.45) is 0. The maximum absolute atomic E-state index is 2.48. The molecule has 9 aromatic rings. The molecule has 0 N–H and O–H groups in total. The molecular formula is C53H40N2. The summed E-state index contributed by atoms with van der Waals surface area (Å²) < 4.78 is 2.48. The first kappa shape index (κ1) is 32.7. The second kappa shape index (κ2) is 13.2. The molecule has 0 saturated heterocycles. The average molecular weight is 705 g/mol. The monoisotopic (exact) mass is 704 g/mol. The van der Waals surface area contributed by atoms with Crippen LogP contribution in [0.1, 0.15) is 25.1 Å². The van der Waals surface area contributed by atoms with Gasteiger partial charge in [0.25, 0.3) is 0 Å². The van der Waals surface area contributed by atoms with E-state index in [4.69, 9.17) is 0 Å². The predicted molar refractivity (Wildman–Crippen MR) is 232 cm³/mol. The third kappa shape index (κ3) is 5.57. The van der Waals surface area contributed by atoms with Gasteiger partial charge in [0.1, 0.15) is 0 Å². The normalized spacial score (nSPS) is 12.7. The lowest BCUT2D eigenvalue weighted by molar-refractivity contribution is 0.624. The molecule has 8 aromatic carbocycles. The Morgan fingerprint density at radius 3 is 1.55 bits per heavy atom. The Morgan fingerprint density at radius 2 is 0.891 bits per heavy atom. The van der Waals surface area contributed by atoms with E-state index in [1.54, 1.807) is 0 Å². The van der Waals surface area contributed by atoms with E-state index < -0.39 is 0 Å². The highest BCUT2D eigenvalue weighted by molar-refractivity contribution is 6.04. The maximum atomic E-state index is 2.48. The van der Waals surface area contributed by atoms with E-state index in [-0.39, 0.29) is 5.41 Å². The van der Waals surface area contributed by atoms with Crippen LogP contribution in [0.3, 0.4) is 0 Å². The molecule has 2 heteroatoms. The fourth-order valence-electron chi connectivity index (χ4n) is 8.69. The maximum Gasteiger partial charge on any atom is 0.0538 e. The van der Waals surface area contributed by atoms with Crippen molar-refractivity contribution < 1.29 is 0 Å². The standard InChI is InChI=1S/C53H40N2/c1-53(2)49-34-29-42(36-48(49)51-47-23-12-13-24-50(47)55(52(51)53)43-20-10-5-11-21-43)40-27-32-45(33-28-40)54(44-30-25-39(26-31-44)37-15-6-3-7-16-37)46-22-14-19-41(35-46)38-17-8-4-9-18-38/h3-36H,1-2H3. The van der Waals surface area contributed by atoms with Crippen molar-refractivity contribution >= 4 is 28.0 Å². The van der Waals surface area contributed by atoms with Crippen molar-refractivity contribution in [1.29, 1.82) is 0 Å². The quantitative estimate of drug-likeness (QED) is 0.160. The van der Waals surface area contributed by atoms with Gasteiger partial charge in [-0.1, -0.05) is 159 Å². The Kier molecular flexibility index (Phi) is 7.85. The third-order valence-electron chi connectivity index (χ3n) is 11.3. The van der Waals surface area contributed by atoms with Gasteiger partial charge < -0.3 is 9.47 Å². The van der Waals surface area contributed by atoms with E-state index in [0.29, 0.717) is 0 Å². The molecule has 1 aliphatic carbocycles. The van der Waals surface area contributed by atoms with Crippen molar-refractivity contribution in [2.24, 2.45) is 0 Å². The summed E-state index contributed by atoms with van der Waals surface area (Å²) in [5.41, 5.74) is 18.2. The van der Waals surface area contributed by atoms with Gasteiger partial charge in [-0.25, -0.2) is 0 Å². The van der Waals surface area contributed by atoms with Gasteiger partial charge in [0.2, 0.25) is 0 Å². The van der Waals surface area contributed by atoms with E-state index in [0.717, 1.165) is 17.1 Å². The SMILES string of the molecule is CC1(C)c2ccc(-c3ccc(N(c4ccc(-c5ccccc5)cc4)c4cccc(-c5ccccc5)c4)cc3)cc2-c2c1n(-c1ccccc1)c1ccccc21. The molecule has 0 bridgehead atoms. The molecule has 0 fully saturated rings. The Morgan fingerprint density at radius 1 is 0.400 bits per heavy atom. The zero-order valence-corrected chi connectivity index (χ0v) is 31.0. The highest BCUT2D eigenvalue weighted by Crippen LogP contribution is 2.54. The van der Waals surface area contributed by atoms with Gasteiger partial charge in [-0.05, 0) is 105 Å². The molecular weight excluding hydrogens is 665 g/mol. The van der Waals surface area contributed by atoms with Crippen molar-refractivity contribution in [2.75, 3.05) is 4.90 Å². The predicted octanol–water partition coefficient (Wildman–Crippen LogP) is 14.4. The highest BCUT2D eigenvalue weighted by Gasteiger charge is 2.41. The number of nitrogens with zero attached hydrogens (tertiary/aromatic N) is 2. The zero-order valence-electron chi connectivity index (χ0n) is 31.0. The van der Waals surface area contributed by atoms with Crippen LogP contribution < -0.4 is 4.90 Å². The molecule has 0 radical (unpaired) electrons. The fraction of sp³-hybridized carbons (Fsp3) is 0.0566. The average Bonchev–Trinajstić information content (AvgIpc) is 3.72. The first-order valence-corrected chi connectivity index (χ1v) is 19.1. The van der Waals surface area contributed by atoms with E-state index >= 15 is 0 Å². The van der Waals surface area contributed by atoms with Crippen LogP contribution in [0.2, 0.25) is 0 Å². The van der Waals surface area contributed by atoms with Crippen LogP contribution in [0.5, 0.6) is 0 Å². The minimum Gasteiger partial charge on any atom is -0.312 e. The van der Waals surface area contributed by atoms with Crippen molar-refractivity contribution in [3.05, 3.63) is 218 Å². The van der Waals surface area contributed by atoms with Gasteiger partial charge >= 0.3 is 0 Å². The van der Waals surface area contributed by atoms with Crippen molar-refractivity contribution in [1.82, 2.24) is 4.57 Å². The Labute approximate surface area is 323 Å². The van der Waals surface area contributed by atoms with Gasteiger partial charge in [-0.2, -0.15) is 0 Å². The first-order valence-electron chi connectivity index (χ1n) is 19.1. The zero-order chi connectivity index (χ0) is 36.9. The largest absolute Gasteiger partial charge is 0.312 e. The molecule has 2 nitrogen and oxygen atoms in total. The molecule has 262 valence electrons. The Balaban J connectivity index is 1.06. The lowest BCUT2D eigenvalue weighted by atomic mass is 9.84. The summed E-state index contributed by atoms with van der Waals surface area (Å²) in [5, 5.41) is 1.30. The molecule has 10 rings (SSSR count). The van der Waals surface area contributed by atoms with Crippen LogP contribution >= 0.6 is 0 Å². The van der Waals surface area contributed by atoms with Crippen LogP contribution in [0.4, 0.5) is 17.1 Å². The van der Waals surface area contributed by atoms with E-state index in [9.17, 15) is 0 Å². The van der Waals surface area contributed by atoms with Crippen LogP contribution in [-0.2, 0) is 5.41 Å². The van der Waals surface area contributed by atoms with Gasteiger partial charge in [0, 0.05) is 44.8 Å². The number of hydrogen-bond acceptors (Lipinski definition) is 1. The topological polar surface area (TPSA) is 8.17 Å². The summed E-state index contributed by atoms with van der Waals surface area (Å²) >= 11 is 0. The number of hydrogen-bond donors (Lipinski definition) is 0. The van der Waals surface area contributed by atoms with Gasteiger partial charge in [-0.15, -0.1) is 0 Å². The molecule has 0 spiro atoms. The summed E-state index contributed by atoms with van der Waals surface area (Å²) in [7, 11) is 0. The van der Waals surface area contributed by atoms with E-state index in [1.165, 1.54) is 72.4 Å². The lowest BCUT2D eigenvalue weighted by Crippen LogP contribution is -2.19. The van der Waals surface area contributed by atoms with Crippen LogP contribution in [0.25, 0.3) is 61.1 Å². The van der Waals surface area contributed by atoms with Crippen molar-refractivity contribution in [3.8, 4) is 50.2 Å². The van der Waals surface area contributed by atoms with E-state index in [2.05, 4.69) is 230 Å². The van der Waals surface area contributed by atoms with Crippen LogP contribution in [0, 0.1) is 0 Å². The molecule has 1 heterocycles. The first-order chi connectivity index (χ1) is 27.0. The number of anilines is 3. The minimum absolute atomic E-state index is 0.160. The van der Waals surface area contributed by atoms with Gasteiger partial charge in [0.15, 0.2) is 0 Å². The summed E-state index contributed by atoms with van der Waals surface area (Å²) in [4.78, 5) is 2.36. The van der Waals surface area contributed by atoms with Crippen molar-refractivity contribution in [3.63, 3.8) is 0 Å². The fourth-order valence-corrected chi connectivity index (χ4v) is 8.69. The Bertz CT molecular complexity index is 2800. The molecule has 0 unspecified atom stereocenters. The molecule has 0 atom stereocenters. The number of benzene rings is 8. The molecule has 0 amide bonds. The molecule has 55 heavy (non-hydrogen) atoms. The summed E-state index contributed by atoms with van der Waals surface area (Å²) in [6.45, 7) is 4.75. The minimum atomic E-state index is -0.160. The van der Waals surface area contributed by atoms with Crippen LogP contribution in [0.15, 0.2) is 206 Å². The Hall–Kier alpha value is -6.90. The van der Waals surface area contributed by atoms with E-state index in [1.807, 2.05) is 0 Å². The third-order valence-corrected chi connectivity index (χ3v) is 11.3. The molecule has 0 saturated carbocycles. The smallest absolute Gasteiger partial charge is 0.0538 e. The number of fused-ring (bicyclic) bond motifs is 5. The molecule has 1 aliphatic rings. The molecule has 1 aromatic heterocycles. The highest BCUT2D eigenvalue weighted by atomic mass is 15.1. The second-order valence-corrected chi connectivity index (χ2v) is 15.0. The summed E-state index contributed by atoms with van der Waals surface area (Å²) in [6, 6.07) is 74.8. The van der Waals surface area contributed by atoms with Crippen LogP contribution in [-0.4, -0.2) is 4.57 Å². The van der Waals surface area contributed by atoms with Gasteiger partial charge in [0.05, 0.1) is 5.52 Å².